The maximum absolute atomic E-state index is 10.6. The minimum absolute atomic E-state index is 0.0335. The third-order valence-electron chi connectivity index (χ3n) is 2.69. The molecule has 0 amide bonds. The second-order valence-electron chi connectivity index (χ2n) is 3.94. The summed E-state index contributed by atoms with van der Waals surface area (Å²) < 4.78 is 6.13. The van der Waals surface area contributed by atoms with Crippen molar-refractivity contribution in [3.8, 4) is 0 Å². The molecule has 1 saturated heterocycles. The third-order valence-corrected chi connectivity index (χ3v) is 3.85. The highest BCUT2D eigenvalue weighted by molar-refractivity contribution is 14.1. The molecule has 0 aromatic heterocycles. The van der Waals surface area contributed by atoms with E-state index in [4.69, 9.17) is 9.84 Å². The zero-order valence-electron chi connectivity index (χ0n) is 8.67. The zero-order valence-corrected chi connectivity index (χ0v) is 10.8. The smallest absolute Gasteiger partial charge is 0.305 e. The van der Waals surface area contributed by atoms with Gasteiger partial charge in [-0.1, -0.05) is 52.9 Å². The topological polar surface area (TPSA) is 46.5 Å². The van der Waals surface area contributed by atoms with Crippen LogP contribution in [0.25, 0.3) is 0 Å². The molecule has 1 aliphatic rings. The Morgan fingerprint density at radius 2 is 2.12 bits per heavy atom. The van der Waals surface area contributed by atoms with Gasteiger partial charge in [-0.15, -0.1) is 0 Å². The van der Waals surface area contributed by atoms with E-state index in [1.165, 1.54) is 0 Å². The monoisotopic (exact) mass is 332 g/mol. The molecule has 0 bridgehead atoms. The molecule has 1 fully saturated rings. The lowest BCUT2D eigenvalue weighted by Crippen LogP contribution is -2.12. The van der Waals surface area contributed by atoms with Gasteiger partial charge in [0.25, 0.3) is 0 Å². The highest BCUT2D eigenvalue weighted by atomic mass is 127. The summed E-state index contributed by atoms with van der Waals surface area (Å²) in [5, 5.41) is 8.73. The van der Waals surface area contributed by atoms with Gasteiger partial charge in [-0.25, -0.2) is 0 Å². The number of carbonyl (C=O) groups is 1. The summed E-state index contributed by atoms with van der Waals surface area (Å²) >= 11 is 2.34. The van der Waals surface area contributed by atoms with E-state index in [-0.39, 0.29) is 18.6 Å². The van der Waals surface area contributed by atoms with Crippen molar-refractivity contribution >= 4 is 28.6 Å². The quantitative estimate of drug-likeness (QED) is 0.684. The van der Waals surface area contributed by atoms with Gasteiger partial charge in [-0.2, -0.15) is 0 Å². The highest BCUT2D eigenvalue weighted by Gasteiger charge is 2.35. The Kier molecular flexibility index (Phi) is 3.81. The number of rotatable bonds is 3. The Morgan fingerprint density at radius 1 is 1.44 bits per heavy atom. The molecule has 0 unspecified atom stereocenters. The van der Waals surface area contributed by atoms with Crippen molar-refractivity contribution in [1.29, 1.82) is 0 Å². The molecule has 0 aliphatic carbocycles. The predicted molar refractivity (Wildman–Crippen MR) is 68.7 cm³/mol. The Morgan fingerprint density at radius 3 is 2.75 bits per heavy atom. The number of benzene rings is 1. The maximum atomic E-state index is 10.6. The van der Waals surface area contributed by atoms with Crippen LogP contribution in [0.5, 0.6) is 0 Å². The number of hydrogen-bond acceptors (Lipinski definition) is 2. The second kappa shape index (κ2) is 5.14. The largest absolute Gasteiger partial charge is 0.481 e. The minimum Gasteiger partial charge on any atom is -0.481 e. The summed E-state index contributed by atoms with van der Waals surface area (Å²) in [7, 11) is 0. The molecule has 1 aromatic carbocycles. The van der Waals surface area contributed by atoms with Crippen LogP contribution in [0, 0.1) is 0 Å². The SMILES string of the molecule is O=C(O)C[C@@H]1C[C@H](I)[C@@H](c2ccccc2)O1. The van der Waals surface area contributed by atoms with Crippen LogP contribution in [0.3, 0.4) is 0 Å². The van der Waals surface area contributed by atoms with Crippen LogP contribution < -0.4 is 0 Å². The molecule has 1 aromatic rings. The Hall–Kier alpha value is -0.620. The van der Waals surface area contributed by atoms with E-state index >= 15 is 0 Å². The molecule has 4 heteroatoms. The van der Waals surface area contributed by atoms with Crippen LogP contribution >= 0.6 is 22.6 Å². The van der Waals surface area contributed by atoms with Crippen LogP contribution in [0.4, 0.5) is 0 Å². The first-order valence-electron chi connectivity index (χ1n) is 5.23. The highest BCUT2D eigenvalue weighted by Crippen LogP contribution is 2.38. The maximum Gasteiger partial charge on any atom is 0.305 e. The summed E-state index contributed by atoms with van der Waals surface area (Å²) in [6, 6.07) is 9.98. The van der Waals surface area contributed by atoms with E-state index in [0.29, 0.717) is 3.92 Å². The summed E-state index contributed by atoms with van der Waals surface area (Å²) in [6.45, 7) is 0. The van der Waals surface area contributed by atoms with Crippen molar-refractivity contribution in [2.75, 3.05) is 0 Å². The molecule has 1 N–H and O–H groups in total. The molecule has 3 nitrogen and oxygen atoms in total. The first-order chi connectivity index (χ1) is 7.66. The Labute approximate surface area is 108 Å². The fourth-order valence-corrected chi connectivity index (χ4v) is 3.13. The van der Waals surface area contributed by atoms with Gasteiger partial charge in [0.15, 0.2) is 0 Å². The lowest BCUT2D eigenvalue weighted by Gasteiger charge is -2.14. The lowest BCUT2D eigenvalue weighted by molar-refractivity contribution is -0.140. The van der Waals surface area contributed by atoms with Gasteiger partial charge < -0.3 is 9.84 Å². The van der Waals surface area contributed by atoms with E-state index in [0.717, 1.165) is 12.0 Å². The van der Waals surface area contributed by atoms with Crippen molar-refractivity contribution in [1.82, 2.24) is 0 Å². The van der Waals surface area contributed by atoms with Crippen molar-refractivity contribution in [3.63, 3.8) is 0 Å². The van der Waals surface area contributed by atoms with Crippen LogP contribution in [0.1, 0.15) is 24.5 Å². The van der Waals surface area contributed by atoms with E-state index in [1.54, 1.807) is 0 Å². The summed E-state index contributed by atoms with van der Waals surface area (Å²) in [6.07, 6.45) is 0.797. The predicted octanol–water partition coefficient (Wildman–Crippen LogP) is 2.79. The Balaban J connectivity index is 2.05. The number of ether oxygens (including phenoxy) is 1. The standard InChI is InChI=1S/C12H13IO3/c13-10-6-9(7-11(14)15)16-12(10)8-4-2-1-3-5-8/h1-5,9-10,12H,6-7H2,(H,14,15)/t9-,10-,12+/m0/s1. The molecule has 3 atom stereocenters. The molecule has 2 rings (SSSR count). The van der Waals surface area contributed by atoms with Gasteiger partial charge in [-0.3, -0.25) is 4.79 Å². The number of alkyl halides is 1. The molecule has 1 heterocycles. The molecule has 16 heavy (non-hydrogen) atoms. The van der Waals surface area contributed by atoms with Gasteiger partial charge in [-0.05, 0) is 12.0 Å². The average molecular weight is 332 g/mol. The van der Waals surface area contributed by atoms with Crippen molar-refractivity contribution in [2.24, 2.45) is 0 Å². The Bertz CT molecular complexity index is 366. The number of aliphatic carboxylic acids is 1. The van der Waals surface area contributed by atoms with Gasteiger partial charge in [0, 0.05) is 3.92 Å². The average Bonchev–Trinajstić information content (AvgIpc) is 2.60. The number of halogens is 1. The van der Waals surface area contributed by atoms with E-state index < -0.39 is 5.97 Å². The van der Waals surface area contributed by atoms with Crippen LogP contribution in [0.2, 0.25) is 0 Å². The van der Waals surface area contributed by atoms with Crippen LogP contribution in [0.15, 0.2) is 30.3 Å². The van der Waals surface area contributed by atoms with Gasteiger partial charge in [0.05, 0.1) is 18.6 Å². The van der Waals surface area contributed by atoms with Crippen molar-refractivity contribution < 1.29 is 14.6 Å². The zero-order chi connectivity index (χ0) is 11.5. The van der Waals surface area contributed by atoms with E-state index in [1.807, 2.05) is 30.3 Å². The van der Waals surface area contributed by atoms with E-state index in [2.05, 4.69) is 22.6 Å². The summed E-state index contributed by atoms with van der Waals surface area (Å²) in [5.41, 5.74) is 1.13. The van der Waals surface area contributed by atoms with Crippen LogP contribution in [-0.4, -0.2) is 21.1 Å². The third kappa shape index (κ3) is 2.74. The molecular formula is C12H13IO3. The molecule has 86 valence electrons. The molecule has 1 aliphatic heterocycles. The minimum atomic E-state index is -0.790. The van der Waals surface area contributed by atoms with Gasteiger partial charge >= 0.3 is 5.97 Å². The molecular weight excluding hydrogens is 319 g/mol. The van der Waals surface area contributed by atoms with Crippen molar-refractivity contribution in [2.45, 2.75) is 29.0 Å². The molecule has 0 radical (unpaired) electrons. The van der Waals surface area contributed by atoms with Gasteiger partial charge in [0.2, 0.25) is 0 Å². The van der Waals surface area contributed by atoms with E-state index in [9.17, 15) is 4.79 Å². The van der Waals surface area contributed by atoms with Gasteiger partial charge in [0.1, 0.15) is 0 Å². The lowest BCUT2D eigenvalue weighted by atomic mass is 10.1. The molecule has 0 spiro atoms. The summed E-state index contributed by atoms with van der Waals surface area (Å²) in [5.74, 6) is -0.790. The fourth-order valence-electron chi connectivity index (χ4n) is 1.98. The van der Waals surface area contributed by atoms with Crippen LogP contribution in [-0.2, 0) is 9.53 Å². The number of carboxylic acids is 1. The number of carboxylic acid groups (broad SMARTS) is 1. The molecule has 0 saturated carbocycles. The first-order valence-corrected chi connectivity index (χ1v) is 6.47. The van der Waals surface area contributed by atoms with Crippen molar-refractivity contribution in [3.05, 3.63) is 35.9 Å². The normalized spacial score (nSPS) is 29.2. The fraction of sp³-hybridized carbons (Fsp3) is 0.417. The number of hydrogen-bond donors (Lipinski definition) is 1. The first kappa shape index (κ1) is 11.9. The summed E-state index contributed by atoms with van der Waals surface area (Å²) in [4.78, 5) is 10.6. The second-order valence-corrected chi connectivity index (χ2v) is 5.54.